The minimum Gasteiger partial charge on any atom is -0.460 e. The van der Waals surface area contributed by atoms with Crippen molar-refractivity contribution in [2.24, 2.45) is 0 Å². The Kier molecular flexibility index (Phi) is 6.65. The summed E-state index contributed by atoms with van der Waals surface area (Å²) in [4.78, 5) is 11.6. The number of ether oxygens (including phenoxy) is 1. The van der Waals surface area contributed by atoms with E-state index in [-0.39, 0.29) is 21.5 Å². The number of halogens is 3. The Hall–Kier alpha value is -1.12. The summed E-state index contributed by atoms with van der Waals surface area (Å²) in [6.07, 6.45) is 0. The quantitative estimate of drug-likeness (QED) is 0.677. The Bertz CT molecular complexity index is 841. The second-order valence-corrected chi connectivity index (χ2v) is 8.18. The smallest absolute Gasteiger partial charge is 0.321 e. The molecule has 0 saturated carbocycles. The van der Waals surface area contributed by atoms with Crippen molar-refractivity contribution >= 4 is 55.1 Å². The molecule has 1 N–H and O–H groups in total. The minimum absolute atomic E-state index is 0.0562. The lowest BCUT2D eigenvalue weighted by atomic mass is 10.2. The molecule has 9 heteroatoms. The van der Waals surface area contributed by atoms with Crippen LogP contribution < -0.4 is 4.72 Å². The van der Waals surface area contributed by atoms with E-state index < -0.39 is 22.5 Å². The van der Waals surface area contributed by atoms with E-state index in [1.54, 1.807) is 12.1 Å². The van der Waals surface area contributed by atoms with Crippen LogP contribution in [0.4, 0.5) is 0 Å². The maximum Gasteiger partial charge on any atom is 0.321 e. The number of hydrogen-bond donors (Lipinski definition) is 1. The molecule has 0 amide bonds. The molecule has 2 aromatic rings. The molecule has 24 heavy (non-hydrogen) atoms. The lowest BCUT2D eigenvalue weighted by Crippen LogP contribution is -2.30. The van der Waals surface area contributed by atoms with Gasteiger partial charge in [0.25, 0.3) is 0 Å². The summed E-state index contributed by atoms with van der Waals surface area (Å²) in [7, 11) is -3.88. The van der Waals surface area contributed by atoms with Crippen molar-refractivity contribution in [1.29, 1.82) is 0 Å². The van der Waals surface area contributed by atoms with E-state index >= 15 is 0 Å². The van der Waals surface area contributed by atoms with Crippen LogP contribution >= 0.6 is 39.1 Å². The molecule has 0 atom stereocenters. The molecule has 0 spiro atoms. The van der Waals surface area contributed by atoms with Crippen LogP contribution in [0.2, 0.25) is 10.0 Å². The van der Waals surface area contributed by atoms with Gasteiger partial charge in [-0.3, -0.25) is 4.79 Å². The molecule has 128 valence electrons. The molecular formula is C15H12BrCl2NO4S. The molecule has 5 nitrogen and oxygen atoms in total. The van der Waals surface area contributed by atoms with Crippen molar-refractivity contribution < 1.29 is 17.9 Å². The summed E-state index contributed by atoms with van der Waals surface area (Å²) in [6.45, 7) is -0.431. The Labute approximate surface area is 158 Å². The van der Waals surface area contributed by atoms with Gasteiger partial charge in [0.2, 0.25) is 10.0 Å². The summed E-state index contributed by atoms with van der Waals surface area (Å²) >= 11 is 14.8. The number of nitrogens with one attached hydrogen (secondary N) is 1. The monoisotopic (exact) mass is 451 g/mol. The Balaban J connectivity index is 1.90. The first-order chi connectivity index (χ1) is 11.3. The van der Waals surface area contributed by atoms with Gasteiger partial charge in [0.05, 0.1) is 14.9 Å². The van der Waals surface area contributed by atoms with Crippen molar-refractivity contribution in [3.63, 3.8) is 0 Å². The topological polar surface area (TPSA) is 72.5 Å². The predicted molar refractivity (Wildman–Crippen MR) is 95.6 cm³/mol. The number of rotatable bonds is 6. The molecule has 0 unspecified atom stereocenters. The van der Waals surface area contributed by atoms with E-state index in [0.717, 1.165) is 10.0 Å². The molecule has 0 aliphatic rings. The van der Waals surface area contributed by atoms with Gasteiger partial charge in [0.15, 0.2) is 0 Å². The van der Waals surface area contributed by atoms with Crippen LogP contribution in [0, 0.1) is 0 Å². The zero-order valence-electron chi connectivity index (χ0n) is 12.1. The summed E-state index contributed by atoms with van der Waals surface area (Å²) < 4.78 is 32.3. The maximum atomic E-state index is 12.1. The van der Waals surface area contributed by atoms with Crippen LogP contribution in [0.15, 0.2) is 51.8 Å². The third-order valence-electron chi connectivity index (χ3n) is 2.92. The second-order valence-electron chi connectivity index (χ2n) is 4.69. The Morgan fingerprint density at radius 1 is 1.08 bits per heavy atom. The van der Waals surface area contributed by atoms with Crippen molar-refractivity contribution in [1.82, 2.24) is 4.72 Å². The van der Waals surface area contributed by atoms with Crippen LogP contribution in [0.3, 0.4) is 0 Å². The maximum absolute atomic E-state index is 12.1. The fraction of sp³-hybridized carbons (Fsp3) is 0.133. The molecular weight excluding hydrogens is 441 g/mol. The highest BCUT2D eigenvalue weighted by atomic mass is 79.9. The minimum atomic E-state index is -3.88. The first kappa shape index (κ1) is 19.2. The van der Waals surface area contributed by atoms with Crippen LogP contribution in [-0.2, 0) is 26.2 Å². The zero-order valence-corrected chi connectivity index (χ0v) is 16.0. The van der Waals surface area contributed by atoms with Crippen LogP contribution in [0.1, 0.15) is 5.56 Å². The molecule has 0 aliphatic carbocycles. The number of esters is 1. The summed E-state index contributed by atoms with van der Waals surface area (Å²) in [5.74, 6) is -0.693. The van der Waals surface area contributed by atoms with Gasteiger partial charge in [-0.1, -0.05) is 51.3 Å². The number of carbonyl (C=O) groups excluding carboxylic acids is 1. The average Bonchev–Trinajstić information content (AvgIpc) is 2.55. The van der Waals surface area contributed by atoms with Crippen LogP contribution in [0.25, 0.3) is 0 Å². The second kappa shape index (κ2) is 8.31. The fourth-order valence-electron chi connectivity index (χ4n) is 1.68. The van der Waals surface area contributed by atoms with Crippen molar-refractivity contribution in [2.75, 3.05) is 6.54 Å². The predicted octanol–water partition coefficient (Wildman–Crippen LogP) is 3.78. The van der Waals surface area contributed by atoms with Gasteiger partial charge in [-0.25, -0.2) is 8.42 Å². The van der Waals surface area contributed by atoms with Crippen LogP contribution in [0.5, 0.6) is 0 Å². The standard InChI is InChI=1S/C15H12BrCl2NO4S/c16-11-3-1-10(2-4-11)9-23-15(20)8-19-24(21,22)12-5-6-13(17)14(18)7-12/h1-7,19H,8-9H2. The number of carbonyl (C=O) groups is 1. The Morgan fingerprint density at radius 3 is 2.38 bits per heavy atom. The molecule has 0 aliphatic heterocycles. The van der Waals surface area contributed by atoms with Crippen LogP contribution in [-0.4, -0.2) is 20.9 Å². The lowest BCUT2D eigenvalue weighted by Gasteiger charge is -2.08. The highest BCUT2D eigenvalue weighted by Crippen LogP contribution is 2.24. The SMILES string of the molecule is O=C(CNS(=O)(=O)c1ccc(Cl)c(Cl)c1)OCc1ccc(Br)cc1. The highest BCUT2D eigenvalue weighted by molar-refractivity contribution is 9.10. The first-order valence-electron chi connectivity index (χ1n) is 6.63. The van der Waals surface area contributed by atoms with Gasteiger partial charge in [-0.2, -0.15) is 4.72 Å². The highest BCUT2D eigenvalue weighted by Gasteiger charge is 2.17. The van der Waals surface area contributed by atoms with Gasteiger partial charge in [-0.15, -0.1) is 0 Å². The van der Waals surface area contributed by atoms with Crippen molar-refractivity contribution in [3.05, 3.63) is 62.5 Å². The first-order valence-corrected chi connectivity index (χ1v) is 9.66. The summed E-state index contributed by atoms with van der Waals surface area (Å²) in [5.41, 5.74) is 0.791. The summed E-state index contributed by atoms with van der Waals surface area (Å²) in [5, 5.41) is 0.349. The third-order valence-corrected chi connectivity index (χ3v) is 5.59. The zero-order chi connectivity index (χ0) is 17.7. The van der Waals surface area contributed by atoms with Gasteiger partial charge in [-0.05, 0) is 35.9 Å². The third kappa shape index (κ3) is 5.46. The molecule has 0 heterocycles. The normalized spacial score (nSPS) is 11.3. The van der Waals surface area contributed by atoms with Gasteiger partial charge in [0.1, 0.15) is 13.2 Å². The Morgan fingerprint density at radius 2 is 1.75 bits per heavy atom. The largest absolute Gasteiger partial charge is 0.460 e. The van der Waals surface area contributed by atoms with E-state index in [0.29, 0.717) is 0 Å². The number of sulfonamides is 1. The molecule has 0 aromatic heterocycles. The lowest BCUT2D eigenvalue weighted by molar-refractivity contribution is -0.143. The van der Waals surface area contributed by atoms with Gasteiger partial charge in [0, 0.05) is 4.47 Å². The summed E-state index contributed by atoms with van der Waals surface area (Å²) in [6, 6.07) is 11.1. The van der Waals surface area contributed by atoms with E-state index in [1.165, 1.54) is 18.2 Å². The van der Waals surface area contributed by atoms with E-state index in [4.69, 9.17) is 27.9 Å². The van der Waals surface area contributed by atoms with Gasteiger partial charge >= 0.3 is 5.97 Å². The van der Waals surface area contributed by atoms with E-state index in [1.807, 2.05) is 12.1 Å². The molecule has 0 fully saturated rings. The van der Waals surface area contributed by atoms with E-state index in [2.05, 4.69) is 20.7 Å². The number of hydrogen-bond acceptors (Lipinski definition) is 4. The fourth-order valence-corrected chi connectivity index (χ4v) is 3.30. The molecule has 0 bridgehead atoms. The molecule has 0 radical (unpaired) electrons. The molecule has 0 saturated heterocycles. The number of benzene rings is 2. The molecule has 2 aromatic carbocycles. The van der Waals surface area contributed by atoms with E-state index in [9.17, 15) is 13.2 Å². The molecule has 2 rings (SSSR count). The average molecular weight is 453 g/mol. The van der Waals surface area contributed by atoms with Crippen molar-refractivity contribution in [2.45, 2.75) is 11.5 Å². The van der Waals surface area contributed by atoms with Crippen molar-refractivity contribution in [3.8, 4) is 0 Å². The van der Waals surface area contributed by atoms with Gasteiger partial charge < -0.3 is 4.74 Å².